The monoisotopic (exact) mass is 221 g/mol. The lowest BCUT2D eigenvalue weighted by molar-refractivity contribution is 0.112. The molecule has 2 aromatic rings. The van der Waals surface area contributed by atoms with Gasteiger partial charge in [0.05, 0.1) is 0 Å². The third-order valence-corrected chi connectivity index (χ3v) is 2.76. The van der Waals surface area contributed by atoms with Crippen LogP contribution < -0.4 is 0 Å². The number of hydrogen-bond donors (Lipinski definition) is 0. The Morgan fingerprint density at radius 1 is 1.33 bits per heavy atom. The molecule has 0 saturated carbocycles. The third kappa shape index (κ3) is 1.65. The molecule has 0 bridgehead atoms. The summed E-state index contributed by atoms with van der Waals surface area (Å²) in [5.74, 6) is 0. The molecule has 15 heavy (non-hydrogen) atoms. The van der Waals surface area contributed by atoms with Gasteiger partial charge in [0.25, 0.3) is 0 Å². The van der Waals surface area contributed by atoms with Gasteiger partial charge in [0.1, 0.15) is 11.4 Å². The SMILES string of the molecule is CC(C)n1c(Cl)cc2cc(C=O)ccc21. The molecule has 0 amide bonds. The molecule has 0 N–H and O–H groups in total. The minimum absolute atomic E-state index is 0.317. The van der Waals surface area contributed by atoms with Crippen LogP contribution in [0.5, 0.6) is 0 Å². The van der Waals surface area contributed by atoms with E-state index < -0.39 is 0 Å². The van der Waals surface area contributed by atoms with E-state index in [0.717, 1.165) is 17.2 Å². The largest absolute Gasteiger partial charge is 0.329 e. The lowest BCUT2D eigenvalue weighted by atomic mass is 10.2. The summed E-state index contributed by atoms with van der Waals surface area (Å²) in [6.07, 6.45) is 0.847. The number of nitrogens with zero attached hydrogens (tertiary/aromatic N) is 1. The van der Waals surface area contributed by atoms with Crippen molar-refractivity contribution in [1.29, 1.82) is 0 Å². The highest BCUT2D eigenvalue weighted by molar-refractivity contribution is 6.31. The van der Waals surface area contributed by atoms with Crippen LogP contribution >= 0.6 is 11.6 Å². The second-order valence-corrected chi connectivity index (χ2v) is 4.25. The average Bonchev–Trinajstić information content (AvgIpc) is 2.52. The summed E-state index contributed by atoms with van der Waals surface area (Å²) >= 11 is 6.13. The van der Waals surface area contributed by atoms with Gasteiger partial charge in [-0.1, -0.05) is 11.6 Å². The van der Waals surface area contributed by atoms with E-state index in [1.54, 1.807) is 0 Å². The Morgan fingerprint density at radius 2 is 2.07 bits per heavy atom. The van der Waals surface area contributed by atoms with Crippen molar-refractivity contribution >= 4 is 28.8 Å². The Hall–Kier alpha value is -1.28. The van der Waals surface area contributed by atoms with Gasteiger partial charge in [-0.3, -0.25) is 4.79 Å². The van der Waals surface area contributed by atoms with Crippen LogP contribution in [0.15, 0.2) is 24.3 Å². The first-order valence-electron chi connectivity index (χ1n) is 4.89. The molecule has 78 valence electrons. The van der Waals surface area contributed by atoms with Crippen LogP contribution in [0.2, 0.25) is 5.15 Å². The van der Waals surface area contributed by atoms with Crippen molar-refractivity contribution in [3.8, 4) is 0 Å². The van der Waals surface area contributed by atoms with Crippen molar-refractivity contribution < 1.29 is 4.79 Å². The molecule has 0 saturated heterocycles. The Labute approximate surface area is 93.5 Å². The van der Waals surface area contributed by atoms with Crippen LogP contribution in [0.1, 0.15) is 30.2 Å². The standard InChI is InChI=1S/C12H12ClNO/c1-8(2)14-11-4-3-9(7-15)5-10(11)6-12(14)13/h3-8H,1-2H3. The number of fused-ring (bicyclic) bond motifs is 1. The second kappa shape index (κ2) is 3.70. The summed E-state index contributed by atoms with van der Waals surface area (Å²) in [6.45, 7) is 4.16. The lowest BCUT2D eigenvalue weighted by Crippen LogP contribution is -1.99. The smallest absolute Gasteiger partial charge is 0.150 e. The second-order valence-electron chi connectivity index (χ2n) is 3.87. The number of aromatic nitrogens is 1. The van der Waals surface area contributed by atoms with Crippen molar-refractivity contribution in [3.05, 3.63) is 35.0 Å². The van der Waals surface area contributed by atoms with Crippen molar-refractivity contribution in [2.24, 2.45) is 0 Å². The van der Waals surface area contributed by atoms with Crippen LogP contribution in [-0.4, -0.2) is 10.9 Å². The summed E-state index contributed by atoms with van der Waals surface area (Å²) in [5, 5.41) is 1.72. The normalized spacial score (nSPS) is 11.2. The lowest BCUT2D eigenvalue weighted by Gasteiger charge is -2.10. The number of carbonyl (C=O) groups excluding carboxylic acids is 1. The maximum absolute atomic E-state index is 10.6. The number of carbonyl (C=O) groups is 1. The first-order chi connectivity index (χ1) is 7.13. The molecule has 0 aliphatic carbocycles. The molecule has 2 rings (SSSR count). The molecule has 0 unspecified atom stereocenters. The van der Waals surface area contributed by atoms with Crippen molar-refractivity contribution in [1.82, 2.24) is 4.57 Å². The maximum atomic E-state index is 10.6. The summed E-state index contributed by atoms with van der Waals surface area (Å²) in [6, 6.07) is 7.81. The van der Waals surface area contributed by atoms with E-state index in [1.807, 2.05) is 28.8 Å². The highest BCUT2D eigenvalue weighted by Crippen LogP contribution is 2.27. The van der Waals surface area contributed by atoms with Crippen molar-refractivity contribution in [2.45, 2.75) is 19.9 Å². The fourth-order valence-corrected chi connectivity index (χ4v) is 2.22. The molecule has 1 aromatic heterocycles. The minimum atomic E-state index is 0.317. The molecule has 2 nitrogen and oxygen atoms in total. The molecule has 0 fully saturated rings. The molecule has 0 spiro atoms. The highest BCUT2D eigenvalue weighted by atomic mass is 35.5. The van der Waals surface area contributed by atoms with E-state index in [9.17, 15) is 4.79 Å². The van der Waals surface area contributed by atoms with E-state index in [-0.39, 0.29) is 0 Å². The Morgan fingerprint density at radius 3 is 2.67 bits per heavy atom. The first kappa shape index (κ1) is 10.2. The van der Waals surface area contributed by atoms with Gasteiger partial charge >= 0.3 is 0 Å². The Kier molecular flexibility index (Phi) is 2.53. The fourth-order valence-electron chi connectivity index (χ4n) is 1.82. The number of hydrogen-bond acceptors (Lipinski definition) is 1. The minimum Gasteiger partial charge on any atom is -0.329 e. The Balaban J connectivity index is 2.73. The number of benzene rings is 1. The van der Waals surface area contributed by atoms with Gasteiger partial charge in [0.2, 0.25) is 0 Å². The van der Waals surface area contributed by atoms with Crippen molar-refractivity contribution in [2.75, 3.05) is 0 Å². The third-order valence-electron chi connectivity index (χ3n) is 2.47. The highest BCUT2D eigenvalue weighted by Gasteiger charge is 2.09. The molecule has 0 aliphatic heterocycles. The average molecular weight is 222 g/mol. The van der Waals surface area contributed by atoms with Gasteiger partial charge in [-0.15, -0.1) is 0 Å². The summed E-state index contributed by atoms with van der Waals surface area (Å²) in [7, 11) is 0. The van der Waals surface area contributed by atoms with Crippen LogP contribution in [0.25, 0.3) is 10.9 Å². The summed E-state index contributed by atoms with van der Waals surface area (Å²) in [4.78, 5) is 10.6. The molecular formula is C12H12ClNO. The molecule has 3 heteroatoms. The van der Waals surface area contributed by atoms with Crippen LogP contribution in [0.3, 0.4) is 0 Å². The zero-order valence-corrected chi connectivity index (χ0v) is 9.45. The zero-order chi connectivity index (χ0) is 11.0. The molecule has 0 atom stereocenters. The molecule has 1 heterocycles. The predicted octanol–water partition coefficient (Wildman–Crippen LogP) is 3.69. The van der Waals surface area contributed by atoms with Gasteiger partial charge in [-0.2, -0.15) is 0 Å². The van der Waals surface area contributed by atoms with Crippen molar-refractivity contribution in [3.63, 3.8) is 0 Å². The van der Waals surface area contributed by atoms with Gasteiger partial charge in [0.15, 0.2) is 0 Å². The van der Waals surface area contributed by atoms with Gasteiger partial charge in [0, 0.05) is 22.5 Å². The topological polar surface area (TPSA) is 22.0 Å². The number of aldehydes is 1. The molecule has 0 aliphatic rings. The molecular weight excluding hydrogens is 210 g/mol. The zero-order valence-electron chi connectivity index (χ0n) is 8.70. The fraction of sp³-hybridized carbons (Fsp3) is 0.250. The Bertz CT molecular complexity index is 514. The van der Waals surface area contributed by atoms with Gasteiger partial charge in [-0.25, -0.2) is 0 Å². The van der Waals surface area contributed by atoms with Gasteiger partial charge in [-0.05, 0) is 38.1 Å². The first-order valence-corrected chi connectivity index (χ1v) is 5.27. The van der Waals surface area contributed by atoms with E-state index in [1.165, 1.54) is 0 Å². The summed E-state index contributed by atoms with van der Waals surface area (Å²) < 4.78 is 2.05. The molecule has 1 aromatic carbocycles. The predicted molar refractivity (Wildman–Crippen MR) is 62.7 cm³/mol. The van der Waals surface area contributed by atoms with Crippen LogP contribution in [0.4, 0.5) is 0 Å². The van der Waals surface area contributed by atoms with E-state index in [4.69, 9.17) is 11.6 Å². The van der Waals surface area contributed by atoms with Crippen LogP contribution in [0, 0.1) is 0 Å². The van der Waals surface area contributed by atoms with E-state index in [2.05, 4.69) is 13.8 Å². The molecule has 0 radical (unpaired) electrons. The van der Waals surface area contributed by atoms with E-state index >= 15 is 0 Å². The summed E-state index contributed by atoms with van der Waals surface area (Å²) in [5.41, 5.74) is 1.75. The number of rotatable bonds is 2. The van der Waals surface area contributed by atoms with Gasteiger partial charge < -0.3 is 4.57 Å². The van der Waals surface area contributed by atoms with E-state index in [0.29, 0.717) is 16.8 Å². The van der Waals surface area contributed by atoms with Crippen LogP contribution in [-0.2, 0) is 0 Å². The number of halogens is 1. The quantitative estimate of drug-likeness (QED) is 0.709. The maximum Gasteiger partial charge on any atom is 0.150 e.